The number of aryl methyl sites for hydroxylation is 3. The van der Waals surface area contributed by atoms with Crippen LogP contribution in [-0.4, -0.2) is 32.8 Å². The third-order valence-corrected chi connectivity index (χ3v) is 5.17. The van der Waals surface area contributed by atoms with Gasteiger partial charge >= 0.3 is 0 Å². The van der Waals surface area contributed by atoms with Gasteiger partial charge < -0.3 is 9.88 Å². The lowest BCUT2D eigenvalue weighted by Gasteiger charge is -2.33. The van der Waals surface area contributed by atoms with Crippen molar-refractivity contribution in [3.05, 3.63) is 59.3 Å². The van der Waals surface area contributed by atoms with Crippen LogP contribution in [0.3, 0.4) is 0 Å². The van der Waals surface area contributed by atoms with Crippen LogP contribution in [0.5, 0.6) is 0 Å². The second kappa shape index (κ2) is 6.39. The van der Waals surface area contributed by atoms with E-state index in [2.05, 4.69) is 70.7 Å². The number of imidazole rings is 1. The molecule has 4 rings (SSSR count). The number of rotatable bonds is 3. The number of hydrogen-bond acceptors (Lipinski definition) is 3. The fourth-order valence-electron chi connectivity index (χ4n) is 3.75. The zero-order valence-corrected chi connectivity index (χ0v) is 15.2. The van der Waals surface area contributed by atoms with E-state index < -0.39 is 0 Å². The van der Waals surface area contributed by atoms with Gasteiger partial charge in [0.25, 0.3) is 0 Å². The van der Waals surface area contributed by atoms with Crippen LogP contribution in [0.1, 0.15) is 41.4 Å². The van der Waals surface area contributed by atoms with Crippen molar-refractivity contribution in [2.45, 2.75) is 39.5 Å². The summed E-state index contributed by atoms with van der Waals surface area (Å²) in [5, 5.41) is 4.73. The molecule has 1 saturated heterocycles. The molecule has 1 N–H and O–H groups in total. The molecular formula is C20H25N5. The van der Waals surface area contributed by atoms with E-state index in [0.717, 1.165) is 37.3 Å². The van der Waals surface area contributed by atoms with Gasteiger partial charge in [-0.3, -0.25) is 0 Å². The van der Waals surface area contributed by atoms with Gasteiger partial charge in [0.15, 0.2) is 0 Å². The Morgan fingerprint density at radius 3 is 2.40 bits per heavy atom. The number of nitrogens with one attached hydrogen (secondary N) is 1. The molecule has 130 valence electrons. The average Bonchev–Trinajstić information content (AvgIpc) is 3.21. The van der Waals surface area contributed by atoms with Gasteiger partial charge in [-0.15, -0.1) is 0 Å². The van der Waals surface area contributed by atoms with E-state index in [0.29, 0.717) is 5.92 Å². The normalized spacial score (nSPS) is 15.7. The Hall–Kier alpha value is -2.56. The number of nitrogens with zero attached hydrogens (tertiary/aromatic N) is 4. The van der Waals surface area contributed by atoms with Gasteiger partial charge in [-0.05, 0) is 45.7 Å². The fourth-order valence-corrected chi connectivity index (χ4v) is 3.75. The highest BCUT2D eigenvalue weighted by atomic mass is 15.4. The minimum Gasteiger partial charge on any atom is -0.356 e. The van der Waals surface area contributed by atoms with E-state index in [1.54, 1.807) is 0 Å². The molecule has 0 atom stereocenters. The summed E-state index contributed by atoms with van der Waals surface area (Å²) in [6.45, 7) is 8.36. The summed E-state index contributed by atoms with van der Waals surface area (Å²) in [7, 11) is 0. The van der Waals surface area contributed by atoms with Gasteiger partial charge in [0, 0.05) is 30.8 Å². The van der Waals surface area contributed by atoms with Crippen LogP contribution in [0, 0.1) is 20.8 Å². The maximum absolute atomic E-state index is 4.73. The topological polar surface area (TPSA) is 49.7 Å². The van der Waals surface area contributed by atoms with Crippen LogP contribution in [0.4, 0.5) is 5.82 Å². The highest BCUT2D eigenvalue weighted by molar-refractivity contribution is 5.49. The van der Waals surface area contributed by atoms with Gasteiger partial charge in [-0.25, -0.2) is 9.67 Å². The van der Waals surface area contributed by atoms with Gasteiger partial charge in [-0.1, -0.05) is 17.7 Å². The minimum absolute atomic E-state index is 0.555. The molecule has 0 spiro atoms. The summed E-state index contributed by atoms with van der Waals surface area (Å²) in [6, 6.07) is 10.8. The molecule has 1 aliphatic rings. The van der Waals surface area contributed by atoms with Crippen LogP contribution in [0.2, 0.25) is 0 Å². The van der Waals surface area contributed by atoms with E-state index >= 15 is 0 Å². The summed E-state index contributed by atoms with van der Waals surface area (Å²) in [5.74, 6) is 1.75. The van der Waals surface area contributed by atoms with Gasteiger partial charge in [-0.2, -0.15) is 5.10 Å². The molecule has 0 bridgehead atoms. The first-order valence-corrected chi connectivity index (χ1v) is 9.00. The van der Waals surface area contributed by atoms with Crippen molar-refractivity contribution in [2.75, 3.05) is 18.0 Å². The third kappa shape index (κ3) is 3.06. The summed E-state index contributed by atoms with van der Waals surface area (Å²) in [4.78, 5) is 10.2. The first kappa shape index (κ1) is 15.9. The van der Waals surface area contributed by atoms with Crippen molar-refractivity contribution in [3.63, 3.8) is 0 Å². The fraction of sp³-hybridized carbons (Fsp3) is 0.400. The highest BCUT2D eigenvalue weighted by Gasteiger charge is 2.25. The van der Waals surface area contributed by atoms with E-state index in [4.69, 9.17) is 5.10 Å². The number of aromatic amines is 1. The van der Waals surface area contributed by atoms with Crippen LogP contribution in [0.25, 0.3) is 5.69 Å². The Labute approximate surface area is 148 Å². The Morgan fingerprint density at radius 1 is 1.04 bits per heavy atom. The van der Waals surface area contributed by atoms with Crippen molar-refractivity contribution in [1.82, 2.24) is 19.7 Å². The molecule has 1 aliphatic heterocycles. The third-order valence-electron chi connectivity index (χ3n) is 5.17. The lowest BCUT2D eigenvalue weighted by atomic mass is 9.92. The number of H-pyrrole nitrogens is 1. The molecule has 0 radical (unpaired) electrons. The van der Waals surface area contributed by atoms with Crippen molar-refractivity contribution in [1.29, 1.82) is 0 Å². The standard InChI is InChI=1S/C20H25N5/c1-14-4-6-18(7-5-14)25-19(12-15(2)23-25)24-10-8-17(9-11-24)20-16(3)21-13-22-20/h4-7,12-13,17H,8-11H2,1-3H3,(H,21,22). The Bertz CT molecular complexity index is 851. The summed E-state index contributed by atoms with van der Waals surface area (Å²) in [5.41, 5.74) is 5.89. The molecule has 1 fully saturated rings. The predicted molar refractivity (Wildman–Crippen MR) is 101 cm³/mol. The summed E-state index contributed by atoms with van der Waals surface area (Å²) < 4.78 is 2.08. The molecule has 3 aromatic rings. The molecule has 0 saturated carbocycles. The predicted octanol–water partition coefficient (Wildman–Crippen LogP) is 3.90. The van der Waals surface area contributed by atoms with Crippen molar-refractivity contribution in [3.8, 4) is 5.69 Å². The molecule has 3 heterocycles. The van der Waals surface area contributed by atoms with E-state index in [9.17, 15) is 0 Å². The second-order valence-corrected chi connectivity index (χ2v) is 7.07. The molecule has 25 heavy (non-hydrogen) atoms. The number of piperidine rings is 1. The molecule has 5 nitrogen and oxygen atoms in total. The molecule has 5 heteroatoms. The van der Waals surface area contributed by atoms with Gasteiger partial charge in [0.05, 0.1) is 23.4 Å². The number of hydrogen-bond donors (Lipinski definition) is 1. The zero-order chi connectivity index (χ0) is 17.4. The Kier molecular flexibility index (Phi) is 4.07. The van der Waals surface area contributed by atoms with Gasteiger partial charge in [0.2, 0.25) is 0 Å². The zero-order valence-electron chi connectivity index (χ0n) is 15.2. The lowest BCUT2D eigenvalue weighted by Crippen LogP contribution is -2.34. The van der Waals surface area contributed by atoms with Crippen LogP contribution in [0.15, 0.2) is 36.7 Å². The quantitative estimate of drug-likeness (QED) is 0.789. The first-order valence-electron chi connectivity index (χ1n) is 9.00. The molecule has 0 unspecified atom stereocenters. The average molecular weight is 335 g/mol. The molecule has 0 aliphatic carbocycles. The van der Waals surface area contributed by atoms with Crippen LogP contribution in [-0.2, 0) is 0 Å². The Morgan fingerprint density at radius 2 is 1.76 bits per heavy atom. The van der Waals surface area contributed by atoms with E-state index in [1.165, 1.54) is 22.8 Å². The molecule has 0 amide bonds. The number of aromatic nitrogens is 4. The first-order chi connectivity index (χ1) is 12.1. The number of benzene rings is 1. The van der Waals surface area contributed by atoms with Crippen molar-refractivity contribution >= 4 is 5.82 Å². The van der Waals surface area contributed by atoms with Crippen molar-refractivity contribution < 1.29 is 0 Å². The van der Waals surface area contributed by atoms with E-state index in [1.807, 2.05) is 6.33 Å². The molecule has 1 aromatic carbocycles. The monoisotopic (exact) mass is 335 g/mol. The smallest absolute Gasteiger partial charge is 0.132 e. The maximum atomic E-state index is 4.73. The van der Waals surface area contributed by atoms with Crippen molar-refractivity contribution in [2.24, 2.45) is 0 Å². The van der Waals surface area contributed by atoms with Gasteiger partial charge in [0.1, 0.15) is 5.82 Å². The maximum Gasteiger partial charge on any atom is 0.132 e. The SMILES string of the molecule is Cc1ccc(-n2nc(C)cc2N2CCC(c3nc[nH]c3C)CC2)cc1. The summed E-state index contributed by atoms with van der Waals surface area (Å²) in [6.07, 6.45) is 4.07. The van der Waals surface area contributed by atoms with Crippen LogP contribution >= 0.6 is 0 Å². The lowest BCUT2D eigenvalue weighted by molar-refractivity contribution is 0.490. The molecule has 2 aromatic heterocycles. The largest absolute Gasteiger partial charge is 0.356 e. The Balaban J connectivity index is 1.55. The van der Waals surface area contributed by atoms with Crippen LogP contribution < -0.4 is 4.90 Å². The second-order valence-electron chi connectivity index (χ2n) is 7.07. The number of anilines is 1. The molecular weight excluding hydrogens is 310 g/mol. The minimum atomic E-state index is 0.555. The highest BCUT2D eigenvalue weighted by Crippen LogP contribution is 2.31. The summed E-state index contributed by atoms with van der Waals surface area (Å²) >= 11 is 0. The van der Waals surface area contributed by atoms with E-state index in [-0.39, 0.29) is 0 Å².